The molecule has 1 aliphatic heterocycles. The Kier molecular flexibility index (Phi) is 5.86. The Morgan fingerprint density at radius 2 is 1.84 bits per heavy atom. The summed E-state index contributed by atoms with van der Waals surface area (Å²) >= 11 is 1.47. The average molecular weight is 435 g/mol. The molecule has 1 aromatic carbocycles. The average Bonchev–Trinajstić information content (AvgIpc) is 3.30. The Morgan fingerprint density at radius 3 is 2.45 bits per heavy atom. The maximum atomic E-state index is 13.1. The van der Waals surface area contributed by atoms with Crippen molar-refractivity contribution in [2.75, 3.05) is 6.61 Å². The number of aromatic nitrogens is 1. The van der Waals surface area contributed by atoms with Crippen molar-refractivity contribution >= 4 is 28.8 Å². The number of hydrogen-bond donors (Lipinski definition) is 1. The molecule has 2 aromatic heterocycles. The molecule has 6 nitrogen and oxygen atoms in total. The molecule has 1 aliphatic rings. The number of aliphatic hydroxyl groups is 1. The number of carbonyl (C=O) groups excluding carboxylic acids is 2. The van der Waals surface area contributed by atoms with Crippen LogP contribution in [0.25, 0.3) is 5.76 Å². The van der Waals surface area contributed by atoms with Gasteiger partial charge in [-0.2, -0.15) is 0 Å². The van der Waals surface area contributed by atoms with Crippen molar-refractivity contribution in [1.29, 1.82) is 0 Å². The number of ether oxygens (including phenoxy) is 1. The van der Waals surface area contributed by atoms with Gasteiger partial charge in [-0.1, -0.05) is 0 Å². The van der Waals surface area contributed by atoms with E-state index in [0.717, 1.165) is 16.0 Å². The molecule has 158 valence electrons. The van der Waals surface area contributed by atoms with Crippen LogP contribution in [0.15, 0.2) is 65.8 Å². The standard InChI is InChI=1S/C24H22N2O4S/c1-3-30-18-6-4-17(5-7-18)21(27)19-20(23-15(2)10-13-31-23)26(24(29)22(19)28)14-16-8-11-25-12-9-16/h4-13,20,27H,3,14H2,1-2H3/b21-19-. The number of rotatable bonds is 6. The molecular formula is C24H22N2O4S. The molecule has 1 saturated heterocycles. The molecule has 1 atom stereocenters. The molecule has 4 rings (SSSR count). The molecule has 3 heterocycles. The van der Waals surface area contributed by atoms with E-state index in [-0.39, 0.29) is 17.9 Å². The number of benzene rings is 1. The first-order chi connectivity index (χ1) is 15.0. The van der Waals surface area contributed by atoms with Gasteiger partial charge in [0.05, 0.1) is 12.2 Å². The van der Waals surface area contributed by atoms with Gasteiger partial charge in [-0.05, 0) is 72.8 Å². The van der Waals surface area contributed by atoms with E-state index < -0.39 is 17.7 Å². The van der Waals surface area contributed by atoms with E-state index in [0.29, 0.717) is 17.9 Å². The van der Waals surface area contributed by atoms with Crippen LogP contribution in [0.5, 0.6) is 5.75 Å². The lowest BCUT2D eigenvalue weighted by molar-refractivity contribution is -0.140. The highest BCUT2D eigenvalue weighted by Crippen LogP contribution is 2.43. The van der Waals surface area contributed by atoms with E-state index in [1.807, 2.05) is 37.4 Å². The Hall–Kier alpha value is -3.45. The van der Waals surface area contributed by atoms with Crippen LogP contribution < -0.4 is 4.74 Å². The van der Waals surface area contributed by atoms with Gasteiger partial charge in [0.15, 0.2) is 0 Å². The number of Topliss-reactive ketones (excluding diaryl/α,β-unsaturated/α-hetero) is 1. The summed E-state index contributed by atoms with van der Waals surface area (Å²) < 4.78 is 5.45. The molecule has 0 bridgehead atoms. The molecule has 1 fully saturated rings. The number of amides is 1. The second-order valence-corrected chi connectivity index (χ2v) is 8.16. The molecular weight excluding hydrogens is 412 g/mol. The lowest BCUT2D eigenvalue weighted by Crippen LogP contribution is -2.29. The molecule has 1 N–H and O–H groups in total. The van der Waals surface area contributed by atoms with Crippen LogP contribution >= 0.6 is 11.3 Å². The zero-order chi connectivity index (χ0) is 22.0. The summed E-state index contributed by atoms with van der Waals surface area (Å²) in [5.74, 6) is -0.820. The predicted molar refractivity (Wildman–Crippen MR) is 119 cm³/mol. The Labute approximate surface area is 184 Å². The minimum Gasteiger partial charge on any atom is -0.507 e. The second kappa shape index (κ2) is 8.73. The van der Waals surface area contributed by atoms with Gasteiger partial charge in [-0.15, -0.1) is 11.3 Å². The second-order valence-electron chi connectivity index (χ2n) is 7.21. The van der Waals surface area contributed by atoms with E-state index in [9.17, 15) is 14.7 Å². The lowest BCUT2D eigenvalue weighted by Gasteiger charge is -2.25. The number of thiophene rings is 1. The van der Waals surface area contributed by atoms with Gasteiger partial charge in [0.2, 0.25) is 0 Å². The third kappa shape index (κ3) is 3.96. The first-order valence-corrected chi connectivity index (χ1v) is 10.8. The van der Waals surface area contributed by atoms with Crippen molar-refractivity contribution in [2.45, 2.75) is 26.4 Å². The summed E-state index contributed by atoms with van der Waals surface area (Å²) in [5.41, 5.74) is 2.39. The summed E-state index contributed by atoms with van der Waals surface area (Å²) in [6.07, 6.45) is 3.30. The van der Waals surface area contributed by atoms with Crippen LogP contribution in [0.3, 0.4) is 0 Å². The smallest absolute Gasteiger partial charge is 0.295 e. The number of nitrogens with zero attached hydrogens (tertiary/aromatic N) is 2. The molecule has 7 heteroatoms. The van der Waals surface area contributed by atoms with Crippen LogP contribution in [0.2, 0.25) is 0 Å². The fraction of sp³-hybridized carbons (Fsp3) is 0.208. The van der Waals surface area contributed by atoms with E-state index in [2.05, 4.69) is 4.98 Å². The molecule has 0 spiro atoms. The minimum absolute atomic E-state index is 0.105. The van der Waals surface area contributed by atoms with Gasteiger partial charge in [-0.25, -0.2) is 0 Å². The lowest BCUT2D eigenvalue weighted by atomic mass is 9.98. The number of likely N-dealkylation sites (tertiary alicyclic amines) is 1. The van der Waals surface area contributed by atoms with Crippen molar-refractivity contribution in [3.8, 4) is 5.75 Å². The quantitative estimate of drug-likeness (QED) is 0.352. The van der Waals surface area contributed by atoms with Crippen LogP contribution in [0, 0.1) is 6.92 Å². The third-order valence-electron chi connectivity index (χ3n) is 5.23. The highest BCUT2D eigenvalue weighted by atomic mass is 32.1. The number of ketones is 1. The van der Waals surface area contributed by atoms with Crippen molar-refractivity contribution < 1.29 is 19.4 Å². The number of pyridine rings is 1. The van der Waals surface area contributed by atoms with Gasteiger partial charge in [0, 0.05) is 29.4 Å². The van der Waals surface area contributed by atoms with Crippen LogP contribution in [0.4, 0.5) is 0 Å². The molecule has 1 amide bonds. The summed E-state index contributed by atoms with van der Waals surface area (Å²) in [4.78, 5) is 32.5. The van der Waals surface area contributed by atoms with Crippen molar-refractivity contribution in [3.05, 3.63) is 87.4 Å². The van der Waals surface area contributed by atoms with Gasteiger partial charge in [0.1, 0.15) is 17.6 Å². The third-order valence-corrected chi connectivity index (χ3v) is 6.30. The van der Waals surface area contributed by atoms with Gasteiger partial charge in [-0.3, -0.25) is 14.6 Å². The van der Waals surface area contributed by atoms with Gasteiger partial charge < -0.3 is 14.7 Å². The highest BCUT2D eigenvalue weighted by Gasteiger charge is 2.47. The monoisotopic (exact) mass is 434 g/mol. The summed E-state index contributed by atoms with van der Waals surface area (Å²) in [7, 11) is 0. The fourth-order valence-corrected chi connectivity index (χ4v) is 4.74. The largest absolute Gasteiger partial charge is 0.507 e. The summed E-state index contributed by atoms with van der Waals surface area (Å²) in [5, 5.41) is 13.0. The van der Waals surface area contributed by atoms with E-state index in [1.54, 1.807) is 36.7 Å². The first kappa shape index (κ1) is 20.8. The predicted octanol–water partition coefficient (Wildman–Crippen LogP) is 4.47. The van der Waals surface area contributed by atoms with Crippen LogP contribution in [-0.4, -0.2) is 33.3 Å². The topological polar surface area (TPSA) is 79.7 Å². The zero-order valence-electron chi connectivity index (χ0n) is 17.2. The van der Waals surface area contributed by atoms with Crippen LogP contribution in [0.1, 0.15) is 34.5 Å². The molecule has 0 aliphatic carbocycles. The Bertz CT molecular complexity index is 1140. The number of carbonyl (C=O) groups is 2. The normalized spacial score (nSPS) is 17.9. The zero-order valence-corrected chi connectivity index (χ0v) is 18.1. The maximum Gasteiger partial charge on any atom is 0.295 e. The fourth-order valence-electron chi connectivity index (χ4n) is 3.70. The molecule has 31 heavy (non-hydrogen) atoms. The van der Waals surface area contributed by atoms with Crippen molar-refractivity contribution in [2.24, 2.45) is 0 Å². The van der Waals surface area contributed by atoms with E-state index in [4.69, 9.17) is 4.74 Å². The SMILES string of the molecule is CCOc1ccc(/C(O)=C2/C(=O)C(=O)N(Cc3ccncc3)C2c2sccc2C)cc1. The number of aryl methyl sites for hydroxylation is 1. The Balaban J connectivity index is 1.81. The summed E-state index contributed by atoms with van der Waals surface area (Å²) in [6.45, 7) is 4.61. The maximum absolute atomic E-state index is 13.1. The van der Waals surface area contributed by atoms with E-state index >= 15 is 0 Å². The minimum atomic E-state index is -0.682. The molecule has 0 radical (unpaired) electrons. The molecule has 1 unspecified atom stereocenters. The highest BCUT2D eigenvalue weighted by molar-refractivity contribution is 7.10. The van der Waals surface area contributed by atoms with Gasteiger partial charge in [0.25, 0.3) is 11.7 Å². The van der Waals surface area contributed by atoms with E-state index in [1.165, 1.54) is 16.2 Å². The molecule has 0 saturated carbocycles. The van der Waals surface area contributed by atoms with Crippen molar-refractivity contribution in [1.82, 2.24) is 9.88 Å². The van der Waals surface area contributed by atoms with Gasteiger partial charge >= 0.3 is 0 Å². The van der Waals surface area contributed by atoms with Crippen molar-refractivity contribution in [3.63, 3.8) is 0 Å². The first-order valence-electron chi connectivity index (χ1n) is 9.95. The molecule has 3 aromatic rings. The van der Waals surface area contributed by atoms with Crippen LogP contribution in [-0.2, 0) is 16.1 Å². The number of aliphatic hydroxyl groups excluding tert-OH is 1. The Morgan fingerprint density at radius 1 is 1.13 bits per heavy atom. The number of hydrogen-bond acceptors (Lipinski definition) is 6. The summed E-state index contributed by atoms with van der Waals surface area (Å²) in [6, 6.07) is 11.8.